The lowest BCUT2D eigenvalue weighted by Gasteiger charge is -2.11. The summed E-state index contributed by atoms with van der Waals surface area (Å²) in [6.07, 6.45) is 0. The third kappa shape index (κ3) is 5.79. The maximum atomic E-state index is 12.0. The number of nitrogens with zero attached hydrogens (tertiary/aromatic N) is 3. The summed E-state index contributed by atoms with van der Waals surface area (Å²) in [5.41, 5.74) is 8.34. The average molecular weight is 414 g/mol. The van der Waals surface area contributed by atoms with E-state index in [4.69, 9.17) is 26.8 Å². The molecule has 1 heterocycles. The number of carbonyl (C=O) groups excluding carboxylic acids is 1. The number of nitrogen functional groups attached to an aromatic ring is 1. The number of nitrogens with one attached hydrogen (secondary N) is 1. The van der Waals surface area contributed by atoms with Crippen molar-refractivity contribution in [2.24, 2.45) is 0 Å². The maximum absolute atomic E-state index is 12.0. The summed E-state index contributed by atoms with van der Waals surface area (Å²) in [6.45, 7) is 3.45. The summed E-state index contributed by atoms with van der Waals surface area (Å²) in [5.74, 6) is 0.587. The van der Waals surface area contributed by atoms with Crippen molar-refractivity contribution in [2.75, 3.05) is 17.7 Å². The molecule has 0 amide bonds. The molecule has 0 fully saturated rings. The third-order valence-corrected chi connectivity index (χ3v) is 4.16. The van der Waals surface area contributed by atoms with Crippen LogP contribution in [0, 0.1) is 13.8 Å². The van der Waals surface area contributed by atoms with E-state index >= 15 is 0 Å². The van der Waals surface area contributed by atoms with Gasteiger partial charge in [-0.25, -0.2) is 4.79 Å². The molecule has 0 atom stereocenters. The number of benzene rings is 2. The number of hydrogen-bond acceptors (Lipinski definition) is 8. The van der Waals surface area contributed by atoms with Gasteiger partial charge in [-0.15, -0.1) is 0 Å². The van der Waals surface area contributed by atoms with Gasteiger partial charge in [-0.05, 0) is 49.2 Å². The van der Waals surface area contributed by atoms with Gasteiger partial charge in [-0.2, -0.15) is 15.0 Å². The molecular weight excluding hydrogens is 394 g/mol. The van der Waals surface area contributed by atoms with Gasteiger partial charge in [0.05, 0.1) is 0 Å². The smallest absolute Gasteiger partial charge is 0.344 e. The van der Waals surface area contributed by atoms with E-state index in [9.17, 15) is 4.79 Å². The molecule has 0 radical (unpaired) electrons. The molecule has 0 aliphatic carbocycles. The number of nitrogens with two attached hydrogens (primary N) is 1. The summed E-state index contributed by atoms with van der Waals surface area (Å²) in [5, 5.41) is 3.61. The molecule has 0 aliphatic heterocycles. The number of hydrogen-bond donors (Lipinski definition) is 2. The van der Waals surface area contributed by atoms with Crippen LogP contribution in [0.1, 0.15) is 17.0 Å². The van der Waals surface area contributed by atoms with E-state index in [0.717, 1.165) is 16.8 Å². The number of aromatic nitrogens is 3. The first-order valence-electron chi connectivity index (χ1n) is 8.78. The number of rotatable bonds is 7. The minimum atomic E-state index is -0.543. The number of aryl methyl sites for hydroxylation is 2. The fraction of sp³-hybridized carbons (Fsp3) is 0.200. The zero-order chi connectivity index (χ0) is 20.8. The van der Waals surface area contributed by atoms with Gasteiger partial charge in [0.15, 0.2) is 19.0 Å². The van der Waals surface area contributed by atoms with Crippen molar-refractivity contribution in [1.29, 1.82) is 0 Å². The van der Waals surface area contributed by atoms with Gasteiger partial charge in [-0.3, -0.25) is 0 Å². The zero-order valence-corrected chi connectivity index (χ0v) is 16.7. The van der Waals surface area contributed by atoms with Crippen LogP contribution in [0.15, 0.2) is 42.5 Å². The Hall–Kier alpha value is -3.39. The number of carbonyl (C=O) groups is 1. The van der Waals surface area contributed by atoms with E-state index in [1.165, 1.54) is 0 Å². The molecule has 0 bridgehead atoms. The van der Waals surface area contributed by atoms with Gasteiger partial charge in [0.2, 0.25) is 11.9 Å². The Kier molecular flexibility index (Phi) is 6.46. The second-order valence-corrected chi connectivity index (χ2v) is 6.67. The Balaban J connectivity index is 1.58. The quantitative estimate of drug-likeness (QED) is 0.565. The molecular formula is C20H20ClN5O3. The van der Waals surface area contributed by atoms with Gasteiger partial charge < -0.3 is 20.5 Å². The van der Waals surface area contributed by atoms with E-state index in [1.54, 1.807) is 24.3 Å². The first-order valence-corrected chi connectivity index (χ1v) is 9.16. The summed E-state index contributed by atoms with van der Waals surface area (Å²) in [6, 6.07) is 12.8. The van der Waals surface area contributed by atoms with Gasteiger partial charge in [0.1, 0.15) is 5.75 Å². The molecule has 1 aromatic heterocycles. The van der Waals surface area contributed by atoms with E-state index in [0.29, 0.717) is 10.8 Å². The Bertz CT molecular complexity index is 991. The molecule has 3 N–H and O–H groups in total. The van der Waals surface area contributed by atoms with E-state index < -0.39 is 5.97 Å². The third-order valence-electron chi connectivity index (χ3n) is 3.90. The van der Waals surface area contributed by atoms with E-state index in [1.807, 2.05) is 32.0 Å². The minimum Gasteiger partial charge on any atom is -0.481 e. The summed E-state index contributed by atoms with van der Waals surface area (Å²) < 4.78 is 10.8. The van der Waals surface area contributed by atoms with E-state index in [-0.39, 0.29) is 30.9 Å². The number of para-hydroxylation sites is 1. The van der Waals surface area contributed by atoms with Crippen molar-refractivity contribution in [2.45, 2.75) is 20.5 Å². The van der Waals surface area contributed by atoms with Crippen LogP contribution < -0.4 is 15.8 Å². The highest BCUT2D eigenvalue weighted by molar-refractivity contribution is 6.30. The molecule has 2 aromatic carbocycles. The van der Waals surface area contributed by atoms with Crippen molar-refractivity contribution in [3.63, 3.8) is 0 Å². The van der Waals surface area contributed by atoms with Crippen LogP contribution in [0.2, 0.25) is 5.02 Å². The summed E-state index contributed by atoms with van der Waals surface area (Å²) in [7, 11) is 0. The Morgan fingerprint density at radius 1 is 1.07 bits per heavy atom. The fourth-order valence-electron chi connectivity index (χ4n) is 2.57. The summed E-state index contributed by atoms with van der Waals surface area (Å²) >= 11 is 5.87. The van der Waals surface area contributed by atoms with Crippen molar-refractivity contribution < 1.29 is 14.3 Å². The molecule has 0 saturated carbocycles. The second kappa shape index (κ2) is 9.20. The lowest BCUT2D eigenvalue weighted by atomic mass is 10.1. The molecule has 0 unspecified atom stereocenters. The molecule has 29 heavy (non-hydrogen) atoms. The van der Waals surface area contributed by atoms with Gasteiger partial charge in [0.25, 0.3) is 0 Å². The predicted octanol–water partition coefficient (Wildman–Crippen LogP) is 3.59. The van der Waals surface area contributed by atoms with Gasteiger partial charge >= 0.3 is 5.97 Å². The van der Waals surface area contributed by atoms with Crippen molar-refractivity contribution >= 4 is 35.2 Å². The molecule has 150 valence electrons. The monoisotopic (exact) mass is 413 g/mol. The summed E-state index contributed by atoms with van der Waals surface area (Å²) in [4.78, 5) is 24.2. The number of ether oxygens (including phenoxy) is 2. The number of esters is 1. The first-order chi connectivity index (χ1) is 13.9. The first kappa shape index (κ1) is 20.3. The molecule has 0 saturated heterocycles. The standard InChI is InChI=1S/C20H20ClN5O3/c1-12-4-3-5-13(2)18(12)29-11-17(27)28-10-16-24-19(22)26-20(25-16)23-15-8-6-14(21)7-9-15/h3-9H,10-11H2,1-2H3,(H3,22,23,24,25,26). The highest BCUT2D eigenvalue weighted by Crippen LogP contribution is 2.22. The minimum absolute atomic E-state index is 0.00861. The SMILES string of the molecule is Cc1cccc(C)c1OCC(=O)OCc1nc(N)nc(Nc2ccc(Cl)cc2)n1. The molecule has 3 aromatic rings. The van der Waals surface area contributed by atoms with Crippen molar-refractivity contribution in [3.8, 4) is 5.75 Å². The van der Waals surface area contributed by atoms with Crippen LogP contribution in [0.4, 0.5) is 17.6 Å². The maximum Gasteiger partial charge on any atom is 0.344 e. The van der Waals surface area contributed by atoms with Crippen LogP contribution in [-0.4, -0.2) is 27.5 Å². The average Bonchev–Trinajstić information content (AvgIpc) is 2.67. The number of anilines is 3. The second-order valence-electron chi connectivity index (χ2n) is 6.24. The Labute approximate surface area is 173 Å². The zero-order valence-electron chi connectivity index (χ0n) is 16.0. The largest absolute Gasteiger partial charge is 0.481 e. The van der Waals surface area contributed by atoms with Gasteiger partial charge in [-0.1, -0.05) is 29.8 Å². The normalized spacial score (nSPS) is 10.4. The van der Waals surface area contributed by atoms with Gasteiger partial charge in [0, 0.05) is 10.7 Å². The van der Waals surface area contributed by atoms with Crippen LogP contribution in [0.5, 0.6) is 5.75 Å². The van der Waals surface area contributed by atoms with Crippen LogP contribution >= 0.6 is 11.6 Å². The highest BCUT2D eigenvalue weighted by Gasteiger charge is 2.11. The Morgan fingerprint density at radius 2 is 1.76 bits per heavy atom. The van der Waals surface area contributed by atoms with Crippen molar-refractivity contribution in [3.05, 3.63) is 64.4 Å². The predicted molar refractivity (Wildman–Crippen MR) is 110 cm³/mol. The van der Waals surface area contributed by atoms with Crippen LogP contribution in [0.3, 0.4) is 0 Å². The van der Waals surface area contributed by atoms with Crippen LogP contribution in [-0.2, 0) is 16.1 Å². The molecule has 0 spiro atoms. The lowest BCUT2D eigenvalue weighted by molar-refractivity contribution is -0.147. The fourth-order valence-corrected chi connectivity index (χ4v) is 2.69. The molecule has 9 heteroatoms. The van der Waals surface area contributed by atoms with Crippen LogP contribution in [0.25, 0.3) is 0 Å². The van der Waals surface area contributed by atoms with Crippen molar-refractivity contribution in [1.82, 2.24) is 15.0 Å². The lowest BCUT2D eigenvalue weighted by Crippen LogP contribution is -2.17. The van der Waals surface area contributed by atoms with E-state index in [2.05, 4.69) is 20.3 Å². The molecule has 0 aliphatic rings. The number of halogens is 1. The molecule has 3 rings (SSSR count). The Morgan fingerprint density at radius 3 is 2.45 bits per heavy atom. The highest BCUT2D eigenvalue weighted by atomic mass is 35.5. The topological polar surface area (TPSA) is 112 Å². The molecule has 8 nitrogen and oxygen atoms in total.